The van der Waals surface area contributed by atoms with E-state index in [4.69, 9.17) is 9.47 Å². The Morgan fingerprint density at radius 3 is 1.65 bits per heavy atom. The first-order chi connectivity index (χ1) is 12.7. The van der Waals surface area contributed by atoms with E-state index in [0.717, 1.165) is 18.6 Å². The van der Waals surface area contributed by atoms with Crippen LogP contribution < -0.4 is 0 Å². The van der Waals surface area contributed by atoms with Crippen LogP contribution >= 0.6 is 0 Å². The van der Waals surface area contributed by atoms with Crippen LogP contribution in [0.1, 0.15) is 111 Å². The van der Waals surface area contributed by atoms with Gasteiger partial charge in [0.25, 0.3) is 0 Å². The highest BCUT2D eigenvalue weighted by Gasteiger charge is 1.94. The van der Waals surface area contributed by atoms with E-state index in [1.807, 2.05) is 13.0 Å². The zero-order valence-corrected chi connectivity index (χ0v) is 17.6. The standard InChI is InChI=1S/C23H42O3/c1-4-5-6-7-8-9-10-11-12-13-14-15-16-17-19-25-20-18-22(2)21-26-23(3)24/h18,20-21H,4-17,19H2,1-3H3. The fourth-order valence-electron chi connectivity index (χ4n) is 2.82. The van der Waals surface area contributed by atoms with Gasteiger partial charge in [-0.2, -0.15) is 0 Å². The molecule has 152 valence electrons. The van der Waals surface area contributed by atoms with Crippen molar-refractivity contribution in [1.82, 2.24) is 0 Å². The summed E-state index contributed by atoms with van der Waals surface area (Å²) in [6.07, 6.45) is 24.1. The molecule has 0 heterocycles. The fraction of sp³-hybridized carbons (Fsp3) is 0.783. The number of ether oxygens (including phenoxy) is 2. The summed E-state index contributed by atoms with van der Waals surface area (Å²) in [5.74, 6) is -0.305. The SMILES string of the molecule is CCCCCCCCCCCCCCCCOC=CC(C)=COC(C)=O. The van der Waals surface area contributed by atoms with Gasteiger partial charge in [-0.1, -0.05) is 90.4 Å². The predicted molar refractivity (Wildman–Crippen MR) is 111 cm³/mol. The van der Waals surface area contributed by atoms with Gasteiger partial charge < -0.3 is 9.47 Å². The molecular formula is C23H42O3. The van der Waals surface area contributed by atoms with Gasteiger partial charge in [-0.3, -0.25) is 4.79 Å². The van der Waals surface area contributed by atoms with E-state index in [1.54, 1.807) is 6.26 Å². The molecule has 0 atom stereocenters. The lowest BCUT2D eigenvalue weighted by molar-refractivity contribution is -0.135. The Bertz CT molecular complexity index is 372. The Kier molecular flexibility index (Phi) is 19.1. The molecule has 0 aliphatic carbocycles. The summed E-state index contributed by atoms with van der Waals surface area (Å²) in [7, 11) is 0. The van der Waals surface area contributed by atoms with E-state index in [9.17, 15) is 4.79 Å². The number of allylic oxidation sites excluding steroid dienone is 2. The molecule has 3 nitrogen and oxygen atoms in total. The monoisotopic (exact) mass is 366 g/mol. The third kappa shape index (κ3) is 20.8. The van der Waals surface area contributed by atoms with E-state index in [1.165, 1.54) is 96.7 Å². The Hall–Kier alpha value is -1.25. The van der Waals surface area contributed by atoms with Crippen LogP contribution in [-0.2, 0) is 14.3 Å². The highest BCUT2D eigenvalue weighted by atomic mass is 16.5. The van der Waals surface area contributed by atoms with Crippen molar-refractivity contribution in [2.24, 2.45) is 0 Å². The number of rotatable bonds is 18. The molecule has 0 unspecified atom stereocenters. The maximum absolute atomic E-state index is 10.7. The van der Waals surface area contributed by atoms with E-state index in [2.05, 4.69) is 6.92 Å². The van der Waals surface area contributed by atoms with Crippen LogP contribution in [0, 0.1) is 0 Å². The van der Waals surface area contributed by atoms with Gasteiger partial charge in [0.05, 0.1) is 19.1 Å². The van der Waals surface area contributed by atoms with E-state index in [-0.39, 0.29) is 5.97 Å². The number of carbonyl (C=O) groups excluding carboxylic acids is 1. The maximum Gasteiger partial charge on any atom is 0.307 e. The summed E-state index contributed by atoms with van der Waals surface area (Å²) in [4.78, 5) is 10.7. The molecule has 26 heavy (non-hydrogen) atoms. The molecule has 0 radical (unpaired) electrons. The first-order valence-electron chi connectivity index (χ1n) is 10.8. The second kappa shape index (κ2) is 20.1. The van der Waals surface area contributed by atoms with Crippen LogP contribution in [0.2, 0.25) is 0 Å². The molecule has 0 saturated carbocycles. The second-order valence-corrected chi connectivity index (χ2v) is 7.24. The molecule has 0 fully saturated rings. The van der Waals surface area contributed by atoms with Gasteiger partial charge in [-0.15, -0.1) is 0 Å². The average molecular weight is 367 g/mol. The number of hydrogen-bond acceptors (Lipinski definition) is 3. The Morgan fingerprint density at radius 2 is 1.19 bits per heavy atom. The van der Waals surface area contributed by atoms with Gasteiger partial charge in [0.15, 0.2) is 0 Å². The summed E-state index contributed by atoms with van der Waals surface area (Å²) >= 11 is 0. The topological polar surface area (TPSA) is 35.5 Å². The molecule has 0 spiro atoms. The lowest BCUT2D eigenvalue weighted by Gasteiger charge is -2.03. The molecule has 0 rings (SSSR count). The van der Waals surface area contributed by atoms with Crippen LogP contribution in [0.3, 0.4) is 0 Å². The summed E-state index contributed by atoms with van der Waals surface area (Å²) < 4.78 is 10.2. The van der Waals surface area contributed by atoms with Gasteiger partial charge in [0.1, 0.15) is 0 Å². The molecule has 0 saturated heterocycles. The Morgan fingerprint density at radius 1 is 0.731 bits per heavy atom. The molecule has 3 heteroatoms. The Labute approximate surface area is 162 Å². The van der Waals surface area contributed by atoms with Crippen molar-refractivity contribution in [3.05, 3.63) is 24.2 Å². The molecule has 0 aliphatic heterocycles. The summed E-state index contributed by atoms with van der Waals surface area (Å²) in [5.41, 5.74) is 0.862. The minimum Gasteiger partial charge on any atom is -0.501 e. The third-order valence-electron chi connectivity index (χ3n) is 4.45. The predicted octanol–water partition coefficient (Wildman–Crippen LogP) is 7.46. The van der Waals surface area contributed by atoms with Crippen molar-refractivity contribution < 1.29 is 14.3 Å². The van der Waals surface area contributed by atoms with Crippen molar-refractivity contribution in [1.29, 1.82) is 0 Å². The van der Waals surface area contributed by atoms with Crippen LogP contribution in [-0.4, -0.2) is 12.6 Å². The number of carbonyl (C=O) groups is 1. The first-order valence-corrected chi connectivity index (χ1v) is 10.8. The number of hydrogen-bond donors (Lipinski definition) is 0. The van der Waals surface area contributed by atoms with E-state index >= 15 is 0 Å². The quantitative estimate of drug-likeness (QED) is 0.109. The highest BCUT2D eigenvalue weighted by molar-refractivity contribution is 5.66. The maximum atomic E-state index is 10.7. The van der Waals surface area contributed by atoms with Crippen LogP contribution in [0.15, 0.2) is 24.2 Å². The van der Waals surface area contributed by atoms with Crippen molar-refractivity contribution in [2.75, 3.05) is 6.61 Å². The molecule has 0 aromatic heterocycles. The van der Waals surface area contributed by atoms with Gasteiger partial charge in [0.2, 0.25) is 0 Å². The smallest absolute Gasteiger partial charge is 0.307 e. The fourth-order valence-corrected chi connectivity index (χ4v) is 2.82. The Balaban J connectivity index is 3.22. The van der Waals surface area contributed by atoms with Gasteiger partial charge in [-0.25, -0.2) is 0 Å². The van der Waals surface area contributed by atoms with Crippen molar-refractivity contribution in [2.45, 2.75) is 111 Å². The van der Waals surface area contributed by atoms with Crippen molar-refractivity contribution >= 4 is 5.97 Å². The lowest BCUT2D eigenvalue weighted by Crippen LogP contribution is -1.91. The van der Waals surface area contributed by atoms with Crippen LogP contribution in [0.5, 0.6) is 0 Å². The third-order valence-corrected chi connectivity index (χ3v) is 4.45. The summed E-state index contributed by atoms with van der Waals surface area (Å²) in [6, 6.07) is 0. The first kappa shape index (κ1) is 24.8. The average Bonchev–Trinajstić information content (AvgIpc) is 2.62. The van der Waals surface area contributed by atoms with Crippen LogP contribution in [0.25, 0.3) is 0 Å². The summed E-state index contributed by atoms with van der Waals surface area (Å²) in [6.45, 7) is 6.29. The number of unbranched alkanes of at least 4 members (excludes halogenated alkanes) is 13. The number of esters is 1. The largest absolute Gasteiger partial charge is 0.501 e. The van der Waals surface area contributed by atoms with Crippen molar-refractivity contribution in [3.8, 4) is 0 Å². The normalized spacial score (nSPS) is 11.9. The minimum atomic E-state index is -0.305. The zero-order chi connectivity index (χ0) is 19.3. The molecule has 0 aromatic carbocycles. The molecule has 0 aromatic rings. The second-order valence-electron chi connectivity index (χ2n) is 7.24. The van der Waals surface area contributed by atoms with Crippen molar-refractivity contribution in [3.63, 3.8) is 0 Å². The van der Waals surface area contributed by atoms with Crippen LogP contribution in [0.4, 0.5) is 0 Å². The van der Waals surface area contributed by atoms with E-state index in [0.29, 0.717) is 0 Å². The van der Waals surface area contributed by atoms with Gasteiger partial charge in [-0.05, 0) is 25.0 Å². The van der Waals surface area contributed by atoms with Gasteiger partial charge >= 0.3 is 5.97 Å². The molecule has 0 N–H and O–H groups in total. The lowest BCUT2D eigenvalue weighted by atomic mass is 10.0. The zero-order valence-electron chi connectivity index (χ0n) is 17.6. The van der Waals surface area contributed by atoms with E-state index < -0.39 is 0 Å². The minimum absolute atomic E-state index is 0.305. The molecule has 0 aliphatic rings. The molecule has 0 bridgehead atoms. The summed E-state index contributed by atoms with van der Waals surface area (Å²) in [5, 5.41) is 0. The molecule has 0 amide bonds. The molecular weight excluding hydrogens is 324 g/mol. The van der Waals surface area contributed by atoms with Gasteiger partial charge in [0, 0.05) is 6.92 Å². The highest BCUT2D eigenvalue weighted by Crippen LogP contribution is 2.12.